The number of sulfone groups is 1. The van der Waals surface area contributed by atoms with E-state index in [1.165, 1.54) is 0 Å². The molecule has 6 nitrogen and oxygen atoms in total. The van der Waals surface area contributed by atoms with E-state index in [4.69, 9.17) is 4.74 Å². The second kappa shape index (κ2) is 7.98. The summed E-state index contributed by atoms with van der Waals surface area (Å²) in [5.74, 6) is 1.17. The van der Waals surface area contributed by atoms with Crippen molar-refractivity contribution in [3.05, 3.63) is 29.8 Å². The van der Waals surface area contributed by atoms with Crippen LogP contribution in [-0.2, 0) is 21.2 Å². The van der Waals surface area contributed by atoms with E-state index >= 15 is 0 Å². The molecular formula is C17H26N2O4S. The standard InChI is InChI=1S/C17H26N2O4S/c1-4-23-16-7-5-14(6-8-16)11-19(3)17(20)12-18(2)15-9-10-24(21,22)13-15/h5-8,15H,4,9-13H2,1-3H3. The Morgan fingerprint density at radius 3 is 2.46 bits per heavy atom. The highest BCUT2D eigenvalue weighted by Crippen LogP contribution is 2.17. The SMILES string of the molecule is CCOc1ccc(CN(C)C(=O)CN(C)C2CCS(=O)(=O)C2)cc1. The van der Waals surface area contributed by atoms with Crippen LogP contribution < -0.4 is 4.74 Å². The summed E-state index contributed by atoms with van der Waals surface area (Å²) >= 11 is 0. The van der Waals surface area contributed by atoms with Crippen LogP contribution in [0.1, 0.15) is 18.9 Å². The van der Waals surface area contributed by atoms with Crippen molar-refractivity contribution >= 4 is 15.7 Å². The number of carbonyl (C=O) groups is 1. The van der Waals surface area contributed by atoms with Gasteiger partial charge in [0.15, 0.2) is 9.84 Å². The Kier molecular flexibility index (Phi) is 6.23. The zero-order valence-electron chi connectivity index (χ0n) is 14.6. The Morgan fingerprint density at radius 1 is 1.25 bits per heavy atom. The fraction of sp³-hybridized carbons (Fsp3) is 0.588. The summed E-state index contributed by atoms with van der Waals surface area (Å²) in [7, 11) is 0.643. The number of carbonyl (C=O) groups excluding carboxylic acids is 1. The Hall–Kier alpha value is -1.60. The molecular weight excluding hydrogens is 328 g/mol. The lowest BCUT2D eigenvalue weighted by Crippen LogP contribution is -2.41. The third-order valence-electron chi connectivity index (χ3n) is 4.30. The summed E-state index contributed by atoms with van der Waals surface area (Å²) in [6.07, 6.45) is 0.606. The van der Waals surface area contributed by atoms with Gasteiger partial charge in [0.25, 0.3) is 0 Å². The number of hydrogen-bond acceptors (Lipinski definition) is 5. The smallest absolute Gasteiger partial charge is 0.236 e. The molecule has 0 radical (unpaired) electrons. The summed E-state index contributed by atoms with van der Waals surface area (Å²) in [6.45, 7) is 3.31. The molecule has 1 aromatic rings. The molecule has 0 aromatic heterocycles. The summed E-state index contributed by atoms with van der Waals surface area (Å²) in [6, 6.07) is 7.63. The lowest BCUT2D eigenvalue weighted by molar-refractivity contribution is -0.131. The first-order valence-corrected chi connectivity index (χ1v) is 9.99. The average molecular weight is 354 g/mol. The zero-order valence-corrected chi connectivity index (χ0v) is 15.4. The van der Waals surface area contributed by atoms with Gasteiger partial charge >= 0.3 is 0 Å². The summed E-state index contributed by atoms with van der Waals surface area (Å²) in [5.41, 5.74) is 1.03. The van der Waals surface area contributed by atoms with Crippen LogP contribution in [0.3, 0.4) is 0 Å². The fourth-order valence-electron chi connectivity index (χ4n) is 2.81. The highest BCUT2D eigenvalue weighted by molar-refractivity contribution is 7.91. The van der Waals surface area contributed by atoms with Crippen LogP contribution in [0.15, 0.2) is 24.3 Å². The van der Waals surface area contributed by atoms with Crippen LogP contribution in [0.4, 0.5) is 0 Å². The first-order valence-electron chi connectivity index (χ1n) is 8.17. The van der Waals surface area contributed by atoms with Crippen LogP contribution in [0, 0.1) is 0 Å². The molecule has 24 heavy (non-hydrogen) atoms. The van der Waals surface area contributed by atoms with E-state index in [1.54, 1.807) is 11.9 Å². The van der Waals surface area contributed by atoms with E-state index in [2.05, 4.69) is 0 Å². The molecule has 1 amide bonds. The van der Waals surface area contributed by atoms with Crippen LogP contribution in [-0.4, -0.2) is 68.9 Å². The maximum absolute atomic E-state index is 12.4. The van der Waals surface area contributed by atoms with Gasteiger partial charge in [0.1, 0.15) is 5.75 Å². The molecule has 0 aliphatic carbocycles. The second-order valence-corrected chi connectivity index (χ2v) is 8.53. The van der Waals surface area contributed by atoms with E-state index in [0.717, 1.165) is 11.3 Å². The monoisotopic (exact) mass is 354 g/mol. The van der Waals surface area contributed by atoms with Gasteiger partial charge in [-0.05, 0) is 38.1 Å². The third-order valence-corrected chi connectivity index (χ3v) is 6.05. The van der Waals surface area contributed by atoms with Crippen molar-refractivity contribution in [2.24, 2.45) is 0 Å². The first kappa shape index (κ1) is 18.7. The van der Waals surface area contributed by atoms with Crippen molar-refractivity contribution in [3.63, 3.8) is 0 Å². The molecule has 1 aromatic carbocycles. The van der Waals surface area contributed by atoms with Gasteiger partial charge < -0.3 is 9.64 Å². The maximum Gasteiger partial charge on any atom is 0.236 e. The molecule has 0 N–H and O–H groups in total. The van der Waals surface area contributed by atoms with E-state index in [0.29, 0.717) is 19.6 Å². The van der Waals surface area contributed by atoms with Gasteiger partial charge in [-0.1, -0.05) is 12.1 Å². The average Bonchev–Trinajstić information content (AvgIpc) is 2.89. The lowest BCUT2D eigenvalue weighted by atomic mass is 10.2. The van der Waals surface area contributed by atoms with E-state index in [9.17, 15) is 13.2 Å². The van der Waals surface area contributed by atoms with Crippen molar-refractivity contribution in [2.45, 2.75) is 25.9 Å². The largest absolute Gasteiger partial charge is 0.494 e. The van der Waals surface area contributed by atoms with Crippen LogP contribution >= 0.6 is 0 Å². The first-order chi connectivity index (χ1) is 11.3. The number of benzene rings is 1. The minimum absolute atomic E-state index is 0.0179. The van der Waals surface area contributed by atoms with Crippen molar-refractivity contribution in [1.29, 1.82) is 0 Å². The summed E-state index contributed by atoms with van der Waals surface area (Å²) in [4.78, 5) is 15.9. The Morgan fingerprint density at radius 2 is 1.92 bits per heavy atom. The molecule has 1 atom stereocenters. The van der Waals surface area contributed by atoms with Crippen LogP contribution in [0.25, 0.3) is 0 Å². The molecule has 1 saturated heterocycles. The number of nitrogens with zero attached hydrogens (tertiary/aromatic N) is 2. The van der Waals surface area contributed by atoms with Crippen molar-refractivity contribution in [3.8, 4) is 5.75 Å². The van der Waals surface area contributed by atoms with Crippen LogP contribution in [0.2, 0.25) is 0 Å². The van der Waals surface area contributed by atoms with Gasteiger partial charge in [0.05, 0.1) is 24.7 Å². The Labute approximate surface area is 144 Å². The van der Waals surface area contributed by atoms with Gasteiger partial charge in [-0.15, -0.1) is 0 Å². The Balaban J connectivity index is 1.85. The maximum atomic E-state index is 12.4. The lowest BCUT2D eigenvalue weighted by Gasteiger charge is -2.25. The van der Waals surface area contributed by atoms with Gasteiger partial charge in [-0.25, -0.2) is 8.42 Å². The molecule has 0 bridgehead atoms. The number of hydrogen-bond donors (Lipinski definition) is 0. The van der Waals surface area contributed by atoms with E-state index in [1.807, 2.05) is 43.1 Å². The third kappa shape index (κ3) is 5.21. The molecule has 0 saturated carbocycles. The predicted octanol–water partition coefficient (Wildman–Crippen LogP) is 1.16. The number of amides is 1. The molecule has 1 aliphatic rings. The van der Waals surface area contributed by atoms with E-state index in [-0.39, 0.29) is 30.0 Å². The highest BCUT2D eigenvalue weighted by atomic mass is 32.2. The normalized spacial score (nSPS) is 19.4. The molecule has 1 aliphatic heterocycles. The summed E-state index contributed by atoms with van der Waals surface area (Å²) in [5, 5.41) is 0. The molecule has 0 spiro atoms. The molecule has 7 heteroatoms. The predicted molar refractivity (Wildman–Crippen MR) is 93.8 cm³/mol. The van der Waals surface area contributed by atoms with E-state index < -0.39 is 9.84 Å². The topological polar surface area (TPSA) is 66.9 Å². The number of likely N-dealkylation sites (N-methyl/N-ethyl adjacent to an activating group) is 2. The van der Waals surface area contributed by atoms with Gasteiger partial charge in [0, 0.05) is 19.6 Å². The van der Waals surface area contributed by atoms with Gasteiger partial charge in [-0.3, -0.25) is 9.69 Å². The Bertz CT molecular complexity index is 658. The van der Waals surface area contributed by atoms with Crippen molar-refractivity contribution in [2.75, 3.05) is 38.8 Å². The van der Waals surface area contributed by atoms with Crippen molar-refractivity contribution in [1.82, 2.24) is 9.80 Å². The van der Waals surface area contributed by atoms with Gasteiger partial charge in [0.2, 0.25) is 5.91 Å². The second-order valence-electron chi connectivity index (χ2n) is 6.30. The molecule has 1 fully saturated rings. The quantitative estimate of drug-likeness (QED) is 0.735. The van der Waals surface area contributed by atoms with Gasteiger partial charge in [-0.2, -0.15) is 0 Å². The van der Waals surface area contributed by atoms with Crippen LogP contribution in [0.5, 0.6) is 5.75 Å². The fourth-order valence-corrected chi connectivity index (χ4v) is 4.61. The number of ether oxygens (including phenoxy) is 1. The molecule has 1 unspecified atom stereocenters. The van der Waals surface area contributed by atoms with Crippen molar-refractivity contribution < 1.29 is 17.9 Å². The molecule has 2 rings (SSSR count). The highest BCUT2D eigenvalue weighted by Gasteiger charge is 2.31. The zero-order chi connectivity index (χ0) is 17.7. The summed E-state index contributed by atoms with van der Waals surface area (Å²) < 4.78 is 28.5. The minimum atomic E-state index is -2.93. The molecule has 1 heterocycles. The number of rotatable bonds is 7. The minimum Gasteiger partial charge on any atom is -0.494 e. The molecule has 134 valence electrons.